The van der Waals surface area contributed by atoms with E-state index in [0.717, 1.165) is 44.1 Å². The molecule has 2 aliphatic rings. The predicted octanol–water partition coefficient (Wildman–Crippen LogP) is 5.78. The first-order valence-electron chi connectivity index (χ1n) is 12.4. The fourth-order valence-corrected chi connectivity index (χ4v) is 6.41. The zero-order valence-electron chi connectivity index (χ0n) is 20.7. The molecule has 0 radical (unpaired) electrons. The standard InChI is InChI=1S/C28H32N2O5S/c1-3-12-28(13-4-2)18-24(31)25(26(32)35-28)27(14-15-27)17-21-6-5-7-22(16-21)30-36(33,34)23-10-8-20(19-29)9-11-23/h5-11,16,30-31H,3-4,12-15,17-18H2,1-2H3. The molecule has 1 saturated carbocycles. The van der Waals surface area contributed by atoms with Crippen LogP contribution in [-0.4, -0.2) is 25.1 Å². The molecule has 0 saturated heterocycles. The minimum absolute atomic E-state index is 0.0632. The van der Waals surface area contributed by atoms with Gasteiger partial charge in [0.2, 0.25) is 0 Å². The normalized spacial score (nSPS) is 18.3. The van der Waals surface area contributed by atoms with E-state index >= 15 is 0 Å². The van der Waals surface area contributed by atoms with Crippen LogP contribution in [0, 0.1) is 16.7 Å². The molecule has 8 heteroatoms. The summed E-state index contributed by atoms with van der Waals surface area (Å²) in [6.45, 7) is 4.10. The van der Waals surface area contributed by atoms with Crippen LogP contribution in [0.5, 0.6) is 0 Å². The maximum atomic E-state index is 13.2. The summed E-state index contributed by atoms with van der Waals surface area (Å²) in [6.07, 6.45) is 5.55. The fraction of sp³-hybridized carbons (Fsp3) is 0.429. The third kappa shape index (κ3) is 5.26. The van der Waals surface area contributed by atoms with Crippen molar-refractivity contribution in [1.82, 2.24) is 0 Å². The smallest absolute Gasteiger partial charge is 0.338 e. The van der Waals surface area contributed by atoms with Gasteiger partial charge in [0.05, 0.1) is 22.1 Å². The van der Waals surface area contributed by atoms with Gasteiger partial charge >= 0.3 is 5.97 Å². The van der Waals surface area contributed by atoms with E-state index in [1.165, 1.54) is 24.3 Å². The summed E-state index contributed by atoms with van der Waals surface area (Å²) >= 11 is 0. The van der Waals surface area contributed by atoms with Crippen LogP contribution in [0.15, 0.2) is 64.8 Å². The molecule has 2 aromatic rings. The van der Waals surface area contributed by atoms with E-state index in [-0.39, 0.29) is 10.7 Å². The van der Waals surface area contributed by atoms with E-state index in [2.05, 4.69) is 4.72 Å². The SMILES string of the molecule is CCCC1(CCC)CC(O)=C(C2(Cc3cccc(NS(=O)(=O)c4ccc(C#N)cc4)c3)CC2)C(=O)O1. The van der Waals surface area contributed by atoms with Crippen LogP contribution < -0.4 is 4.72 Å². The number of nitrogens with one attached hydrogen (secondary N) is 1. The monoisotopic (exact) mass is 508 g/mol. The number of anilines is 1. The van der Waals surface area contributed by atoms with Crippen LogP contribution >= 0.6 is 0 Å². The Bertz CT molecular complexity index is 1310. The van der Waals surface area contributed by atoms with Gasteiger partial charge < -0.3 is 9.84 Å². The van der Waals surface area contributed by atoms with Gasteiger partial charge in [0.1, 0.15) is 11.4 Å². The van der Waals surface area contributed by atoms with E-state index < -0.39 is 27.0 Å². The first-order chi connectivity index (χ1) is 17.2. The maximum Gasteiger partial charge on any atom is 0.338 e. The number of hydrogen-bond donors (Lipinski definition) is 2. The van der Waals surface area contributed by atoms with Gasteiger partial charge in [-0.2, -0.15) is 5.26 Å². The van der Waals surface area contributed by atoms with E-state index in [1.807, 2.05) is 26.0 Å². The average Bonchev–Trinajstić information content (AvgIpc) is 3.58. The van der Waals surface area contributed by atoms with Gasteiger partial charge in [-0.1, -0.05) is 38.8 Å². The molecule has 1 aliphatic heterocycles. The molecular formula is C28H32N2O5S. The highest BCUT2D eigenvalue weighted by Crippen LogP contribution is 2.57. The quantitative estimate of drug-likeness (QED) is 0.393. The Morgan fingerprint density at radius 2 is 1.75 bits per heavy atom. The zero-order valence-corrected chi connectivity index (χ0v) is 21.5. The lowest BCUT2D eigenvalue weighted by Gasteiger charge is -2.38. The van der Waals surface area contributed by atoms with Gasteiger partial charge in [-0.05, 0) is 74.1 Å². The molecule has 2 N–H and O–H groups in total. The largest absolute Gasteiger partial charge is 0.512 e. The molecule has 0 aromatic heterocycles. The average molecular weight is 509 g/mol. The Kier molecular flexibility index (Phi) is 7.14. The van der Waals surface area contributed by atoms with Crippen LogP contribution in [0.1, 0.15) is 69.9 Å². The first-order valence-corrected chi connectivity index (χ1v) is 13.9. The first kappa shape index (κ1) is 25.8. The Hall–Kier alpha value is -3.31. The lowest BCUT2D eigenvalue weighted by atomic mass is 9.80. The van der Waals surface area contributed by atoms with Gasteiger partial charge in [-0.25, -0.2) is 13.2 Å². The van der Waals surface area contributed by atoms with Crippen LogP contribution in [-0.2, 0) is 26.0 Å². The molecule has 2 aromatic carbocycles. The number of cyclic esters (lactones) is 1. The highest BCUT2D eigenvalue weighted by Gasteiger charge is 2.54. The zero-order chi connectivity index (χ0) is 26.0. The minimum atomic E-state index is -3.83. The number of carbonyl (C=O) groups is 1. The Morgan fingerprint density at radius 3 is 2.31 bits per heavy atom. The van der Waals surface area contributed by atoms with Crippen molar-refractivity contribution >= 4 is 21.7 Å². The van der Waals surface area contributed by atoms with Gasteiger partial charge in [0, 0.05) is 17.5 Å². The Labute approximate surface area is 212 Å². The number of esters is 1. The topological polar surface area (TPSA) is 116 Å². The van der Waals surface area contributed by atoms with Gasteiger partial charge in [-0.15, -0.1) is 0 Å². The molecule has 36 heavy (non-hydrogen) atoms. The molecule has 7 nitrogen and oxygen atoms in total. The van der Waals surface area contributed by atoms with E-state index in [1.54, 1.807) is 18.2 Å². The summed E-state index contributed by atoms with van der Waals surface area (Å²) < 4.78 is 34.2. The number of ether oxygens (including phenoxy) is 1. The van der Waals surface area contributed by atoms with Crippen LogP contribution in [0.3, 0.4) is 0 Å². The van der Waals surface area contributed by atoms with Crippen LogP contribution in [0.2, 0.25) is 0 Å². The van der Waals surface area contributed by atoms with Crippen molar-refractivity contribution in [1.29, 1.82) is 5.26 Å². The number of nitriles is 1. The lowest BCUT2D eigenvalue weighted by Crippen LogP contribution is -2.42. The number of aliphatic hydroxyl groups is 1. The fourth-order valence-electron chi connectivity index (χ4n) is 5.36. The van der Waals surface area contributed by atoms with Crippen molar-refractivity contribution in [3.63, 3.8) is 0 Å². The van der Waals surface area contributed by atoms with E-state index in [0.29, 0.717) is 29.7 Å². The number of hydrogen-bond acceptors (Lipinski definition) is 6. The molecule has 0 bridgehead atoms. The van der Waals surface area contributed by atoms with Gasteiger partial charge in [0.15, 0.2) is 0 Å². The lowest BCUT2D eigenvalue weighted by molar-refractivity contribution is -0.162. The second-order valence-electron chi connectivity index (χ2n) is 9.97. The molecule has 0 spiro atoms. The number of rotatable bonds is 10. The number of sulfonamides is 1. The molecule has 0 unspecified atom stereocenters. The Morgan fingerprint density at radius 1 is 1.08 bits per heavy atom. The van der Waals surface area contributed by atoms with E-state index in [4.69, 9.17) is 10.00 Å². The summed E-state index contributed by atoms with van der Waals surface area (Å²) in [4.78, 5) is 13.2. The molecule has 190 valence electrons. The van der Waals surface area contributed by atoms with E-state index in [9.17, 15) is 18.3 Å². The highest BCUT2D eigenvalue weighted by molar-refractivity contribution is 7.92. The van der Waals surface area contributed by atoms with Crippen LogP contribution in [0.4, 0.5) is 5.69 Å². The summed E-state index contributed by atoms with van der Waals surface area (Å²) in [5.74, 6) is -0.279. The highest BCUT2D eigenvalue weighted by atomic mass is 32.2. The summed E-state index contributed by atoms with van der Waals surface area (Å²) in [5, 5.41) is 20.0. The summed E-state index contributed by atoms with van der Waals surface area (Å²) in [6, 6.07) is 14.8. The molecule has 1 heterocycles. The van der Waals surface area contributed by atoms with Crippen molar-refractivity contribution in [2.75, 3.05) is 4.72 Å². The second-order valence-corrected chi connectivity index (χ2v) is 11.7. The molecule has 1 fully saturated rings. The second kappa shape index (κ2) is 9.98. The summed E-state index contributed by atoms with van der Waals surface area (Å²) in [5.41, 5.74) is 0.908. The number of nitrogens with zero attached hydrogens (tertiary/aromatic N) is 1. The number of carbonyl (C=O) groups excluding carboxylic acids is 1. The molecule has 1 aliphatic carbocycles. The van der Waals surface area contributed by atoms with Crippen molar-refractivity contribution in [3.8, 4) is 6.07 Å². The van der Waals surface area contributed by atoms with Gasteiger partial charge in [-0.3, -0.25) is 4.72 Å². The molecule has 0 amide bonds. The van der Waals surface area contributed by atoms with Crippen molar-refractivity contribution < 1.29 is 23.1 Å². The van der Waals surface area contributed by atoms with Gasteiger partial charge in [0.25, 0.3) is 10.0 Å². The Balaban J connectivity index is 1.54. The minimum Gasteiger partial charge on any atom is -0.512 e. The molecule has 4 rings (SSSR count). The maximum absolute atomic E-state index is 13.2. The van der Waals surface area contributed by atoms with Crippen molar-refractivity contribution in [2.45, 2.75) is 75.7 Å². The summed E-state index contributed by atoms with van der Waals surface area (Å²) in [7, 11) is -3.83. The van der Waals surface area contributed by atoms with Crippen LogP contribution in [0.25, 0.3) is 0 Å². The number of benzene rings is 2. The van der Waals surface area contributed by atoms with Crippen molar-refractivity contribution in [2.24, 2.45) is 5.41 Å². The molecular weight excluding hydrogens is 476 g/mol. The molecule has 0 atom stereocenters. The third-order valence-corrected chi connectivity index (χ3v) is 8.50. The third-order valence-electron chi connectivity index (χ3n) is 7.10. The number of aliphatic hydroxyl groups excluding tert-OH is 1. The predicted molar refractivity (Wildman–Crippen MR) is 137 cm³/mol. The van der Waals surface area contributed by atoms with Crippen molar-refractivity contribution in [3.05, 3.63) is 71.0 Å².